The third-order valence-corrected chi connectivity index (χ3v) is 3.96. The standard InChI is InChI=1S/C15H18N4O/c1-9-14(10(2)18(3)17-9)15(20)19-7-11-4-5-13(16)6-12(11)8-19/h4-6H,7-8,16H2,1-3H3. The number of rotatable bonds is 1. The molecule has 5 heteroatoms. The zero-order valence-corrected chi connectivity index (χ0v) is 12.0. The number of aryl methyl sites for hydroxylation is 2. The Morgan fingerprint density at radius 1 is 1.25 bits per heavy atom. The molecule has 104 valence electrons. The van der Waals surface area contributed by atoms with Crippen LogP contribution >= 0.6 is 0 Å². The van der Waals surface area contributed by atoms with Gasteiger partial charge < -0.3 is 10.6 Å². The second-order valence-corrected chi connectivity index (χ2v) is 5.36. The lowest BCUT2D eigenvalue weighted by Crippen LogP contribution is -2.26. The summed E-state index contributed by atoms with van der Waals surface area (Å²) in [5.41, 5.74) is 11.3. The van der Waals surface area contributed by atoms with Crippen LogP contribution in [0.15, 0.2) is 18.2 Å². The molecule has 20 heavy (non-hydrogen) atoms. The molecule has 2 heterocycles. The first-order chi connectivity index (χ1) is 9.47. The number of nitrogens with zero attached hydrogens (tertiary/aromatic N) is 3. The fourth-order valence-corrected chi connectivity index (χ4v) is 2.80. The van der Waals surface area contributed by atoms with Crippen molar-refractivity contribution < 1.29 is 4.79 Å². The van der Waals surface area contributed by atoms with Gasteiger partial charge in [-0.25, -0.2) is 0 Å². The van der Waals surface area contributed by atoms with Crippen molar-refractivity contribution in [2.45, 2.75) is 26.9 Å². The molecule has 0 radical (unpaired) electrons. The van der Waals surface area contributed by atoms with Crippen molar-refractivity contribution in [1.29, 1.82) is 0 Å². The number of carbonyl (C=O) groups excluding carboxylic acids is 1. The molecule has 1 aliphatic rings. The largest absolute Gasteiger partial charge is 0.399 e. The zero-order valence-electron chi connectivity index (χ0n) is 12.0. The Hall–Kier alpha value is -2.30. The fourth-order valence-electron chi connectivity index (χ4n) is 2.80. The summed E-state index contributed by atoms with van der Waals surface area (Å²) in [4.78, 5) is 14.5. The molecule has 0 unspecified atom stereocenters. The first kappa shape index (κ1) is 12.7. The molecule has 1 amide bonds. The summed E-state index contributed by atoms with van der Waals surface area (Å²) >= 11 is 0. The lowest BCUT2D eigenvalue weighted by atomic mass is 10.1. The monoisotopic (exact) mass is 270 g/mol. The van der Waals surface area contributed by atoms with E-state index < -0.39 is 0 Å². The van der Waals surface area contributed by atoms with E-state index >= 15 is 0 Å². The molecule has 0 aliphatic carbocycles. The first-order valence-electron chi connectivity index (χ1n) is 6.64. The lowest BCUT2D eigenvalue weighted by molar-refractivity contribution is 0.0750. The summed E-state index contributed by atoms with van der Waals surface area (Å²) in [6.45, 7) is 5.06. The Bertz CT molecular complexity index is 702. The Morgan fingerprint density at radius 3 is 2.60 bits per heavy atom. The number of nitrogens with two attached hydrogens (primary N) is 1. The summed E-state index contributed by atoms with van der Waals surface area (Å²) in [5.74, 6) is 0.0443. The third kappa shape index (κ3) is 1.86. The van der Waals surface area contributed by atoms with E-state index in [0.717, 1.165) is 22.6 Å². The number of nitrogen functional groups attached to an aromatic ring is 1. The number of fused-ring (bicyclic) bond motifs is 1. The number of carbonyl (C=O) groups is 1. The Kier molecular flexibility index (Phi) is 2.78. The predicted molar refractivity (Wildman–Crippen MR) is 77.1 cm³/mol. The Morgan fingerprint density at radius 2 is 1.95 bits per heavy atom. The second-order valence-electron chi connectivity index (χ2n) is 5.36. The molecule has 0 saturated heterocycles. The molecule has 1 aromatic heterocycles. The molecule has 3 rings (SSSR count). The average Bonchev–Trinajstić information content (AvgIpc) is 2.91. The molecule has 1 aromatic carbocycles. The van der Waals surface area contributed by atoms with Gasteiger partial charge in [-0.15, -0.1) is 0 Å². The van der Waals surface area contributed by atoms with Crippen molar-refractivity contribution in [2.24, 2.45) is 7.05 Å². The van der Waals surface area contributed by atoms with Crippen LogP contribution in [-0.2, 0) is 20.1 Å². The topological polar surface area (TPSA) is 64.2 Å². The third-order valence-electron chi connectivity index (χ3n) is 3.96. The van der Waals surface area contributed by atoms with Crippen molar-refractivity contribution in [3.63, 3.8) is 0 Å². The first-order valence-corrected chi connectivity index (χ1v) is 6.64. The minimum atomic E-state index is 0.0443. The van der Waals surface area contributed by atoms with Crippen LogP contribution < -0.4 is 5.73 Å². The van der Waals surface area contributed by atoms with E-state index in [1.54, 1.807) is 4.68 Å². The Labute approximate surface area is 118 Å². The van der Waals surface area contributed by atoms with Gasteiger partial charge in [0.25, 0.3) is 5.91 Å². The van der Waals surface area contributed by atoms with Gasteiger partial charge in [-0.3, -0.25) is 9.48 Å². The van der Waals surface area contributed by atoms with Crippen LogP contribution in [-0.4, -0.2) is 20.6 Å². The van der Waals surface area contributed by atoms with Crippen LogP contribution in [0, 0.1) is 13.8 Å². The molecule has 5 nitrogen and oxygen atoms in total. The molecule has 2 aromatic rings. The van der Waals surface area contributed by atoms with Crippen molar-refractivity contribution >= 4 is 11.6 Å². The maximum atomic E-state index is 12.7. The maximum Gasteiger partial charge on any atom is 0.258 e. The lowest BCUT2D eigenvalue weighted by Gasteiger charge is -2.15. The second kappa shape index (κ2) is 4.37. The molecule has 0 saturated carbocycles. The number of aromatic nitrogens is 2. The summed E-state index contributed by atoms with van der Waals surface area (Å²) in [7, 11) is 1.86. The van der Waals surface area contributed by atoms with Crippen LogP contribution in [0.4, 0.5) is 5.69 Å². The highest BCUT2D eigenvalue weighted by atomic mass is 16.2. The van der Waals surface area contributed by atoms with E-state index in [2.05, 4.69) is 5.10 Å². The van der Waals surface area contributed by atoms with Crippen molar-refractivity contribution in [3.8, 4) is 0 Å². The van der Waals surface area contributed by atoms with Gasteiger partial charge in [0.05, 0.1) is 11.3 Å². The summed E-state index contributed by atoms with van der Waals surface area (Å²) in [6, 6.07) is 5.83. The normalized spacial score (nSPS) is 13.7. The number of hydrogen-bond acceptors (Lipinski definition) is 3. The average molecular weight is 270 g/mol. The van der Waals surface area contributed by atoms with Gasteiger partial charge in [-0.05, 0) is 37.1 Å². The fraction of sp³-hybridized carbons (Fsp3) is 0.333. The molecule has 0 fully saturated rings. The zero-order chi connectivity index (χ0) is 14.4. The van der Waals surface area contributed by atoms with Gasteiger partial charge in [0.2, 0.25) is 0 Å². The molecule has 2 N–H and O–H groups in total. The summed E-state index contributed by atoms with van der Waals surface area (Å²) < 4.78 is 1.75. The van der Waals surface area contributed by atoms with Crippen molar-refractivity contribution in [2.75, 3.05) is 5.73 Å². The van der Waals surface area contributed by atoms with Crippen LogP contribution in [0.3, 0.4) is 0 Å². The van der Waals surface area contributed by atoms with Gasteiger partial charge >= 0.3 is 0 Å². The van der Waals surface area contributed by atoms with Crippen LogP contribution in [0.5, 0.6) is 0 Å². The highest BCUT2D eigenvalue weighted by molar-refractivity contribution is 5.96. The van der Waals surface area contributed by atoms with E-state index in [1.807, 2.05) is 44.0 Å². The van der Waals surface area contributed by atoms with Crippen LogP contribution in [0.1, 0.15) is 32.9 Å². The van der Waals surface area contributed by atoms with Crippen LogP contribution in [0.2, 0.25) is 0 Å². The quantitative estimate of drug-likeness (QED) is 0.803. The van der Waals surface area contributed by atoms with E-state index in [-0.39, 0.29) is 5.91 Å². The highest BCUT2D eigenvalue weighted by Crippen LogP contribution is 2.27. The Balaban J connectivity index is 1.91. The van der Waals surface area contributed by atoms with E-state index in [9.17, 15) is 4.79 Å². The van der Waals surface area contributed by atoms with E-state index in [0.29, 0.717) is 18.7 Å². The number of benzene rings is 1. The van der Waals surface area contributed by atoms with E-state index in [4.69, 9.17) is 5.73 Å². The molecule has 1 aliphatic heterocycles. The van der Waals surface area contributed by atoms with Crippen molar-refractivity contribution in [3.05, 3.63) is 46.3 Å². The van der Waals surface area contributed by atoms with Gasteiger partial charge in [0.15, 0.2) is 0 Å². The van der Waals surface area contributed by atoms with E-state index in [1.165, 1.54) is 5.56 Å². The highest BCUT2D eigenvalue weighted by Gasteiger charge is 2.28. The number of anilines is 1. The van der Waals surface area contributed by atoms with Gasteiger partial charge in [-0.2, -0.15) is 5.10 Å². The van der Waals surface area contributed by atoms with Gasteiger partial charge in [0, 0.05) is 31.5 Å². The minimum Gasteiger partial charge on any atom is -0.399 e. The molecular formula is C15H18N4O. The minimum absolute atomic E-state index is 0.0443. The smallest absolute Gasteiger partial charge is 0.258 e. The SMILES string of the molecule is Cc1nn(C)c(C)c1C(=O)N1Cc2ccc(N)cc2C1. The summed E-state index contributed by atoms with van der Waals surface area (Å²) in [6.07, 6.45) is 0. The maximum absolute atomic E-state index is 12.7. The van der Waals surface area contributed by atoms with Gasteiger partial charge in [0.1, 0.15) is 0 Å². The molecule has 0 spiro atoms. The van der Waals surface area contributed by atoms with Gasteiger partial charge in [-0.1, -0.05) is 6.07 Å². The number of hydrogen-bond donors (Lipinski definition) is 1. The number of amides is 1. The summed E-state index contributed by atoms with van der Waals surface area (Å²) in [5, 5.41) is 4.32. The molecule has 0 atom stereocenters. The molecular weight excluding hydrogens is 252 g/mol. The van der Waals surface area contributed by atoms with Crippen molar-refractivity contribution in [1.82, 2.24) is 14.7 Å². The predicted octanol–water partition coefficient (Wildman–Crippen LogP) is 1.78. The molecule has 0 bridgehead atoms. The van der Waals surface area contributed by atoms with Crippen LogP contribution in [0.25, 0.3) is 0 Å².